The van der Waals surface area contributed by atoms with Gasteiger partial charge < -0.3 is 43.6 Å². The van der Waals surface area contributed by atoms with Crippen molar-refractivity contribution in [3.8, 4) is 45.0 Å². The van der Waals surface area contributed by atoms with Crippen LogP contribution < -0.4 is 40.2 Å². The largest absolute Gasteiger partial charge is 0.750 e. The summed E-state index contributed by atoms with van der Waals surface area (Å²) < 4.78 is 24.6. The Morgan fingerprint density at radius 3 is 1.81 bits per heavy atom. The van der Waals surface area contributed by atoms with Crippen LogP contribution in [0.4, 0.5) is 45.5 Å². The van der Waals surface area contributed by atoms with Crippen LogP contribution in [0.2, 0.25) is 0 Å². The Balaban J connectivity index is 0.00000115. The molecule has 1 unspecified atom stereocenters. The van der Waals surface area contributed by atoms with E-state index in [1.807, 2.05) is 24.3 Å². The van der Waals surface area contributed by atoms with Gasteiger partial charge in [-0.2, -0.15) is 0 Å². The van der Waals surface area contributed by atoms with Crippen LogP contribution in [0, 0.1) is 0 Å². The van der Waals surface area contributed by atoms with E-state index in [1.165, 1.54) is 0 Å². The van der Waals surface area contributed by atoms with Crippen LogP contribution in [0.15, 0.2) is 193 Å². The Bertz CT molecular complexity index is 4020. The van der Waals surface area contributed by atoms with Crippen LogP contribution in [0.25, 0.3) is 78.1 Å². The number of fused-ring (bicyclic) bond motifs is 6. The summed E-state index contributed by atoms with van der Waals surface area (Å²) in [6.45, 7) is 0. The second kappa shape index (κ2) is 19.8. The summed E-state index contributed by atoms with van der Waals surface area (Å²) in [6, 6.07) is 65.2. The molecule has 0 amide bonds. The van der Waals surface area contributed by atoms with Crippen LogP contribution in [0.1, 0.15) is 0 Å². The summed E-state index contributed by atoms with van der Waals surface area (Å²) in [4.78, 5) is 32.0. The van der Waals surface area contributed by atoms with Crippen LogP contribution in [0.3, 0.4) is 0 Å². The van der Waals surface area contributed by atoms with Crippen LogP contribution in [-0.2, 0) is 15.7 Å². The Morgan fingerprint density at radius 2 is 1.15 bits per heavy atom. The smallest absolute Gasteiger partial charge is 0.239 e. The lowest BCUT2D eigenvalue weighted by molar-refractivity contribution is -0.635. The van der Waals surface area contributed by atoms with Crippen molar-refractivity contribution in [3.05, 3.63) is 198 Å². The molecule has 0 bridgehead atoms. The number of benzene rings is 9. The molecule has 3 aliphatic rings. The van der Waals surface area contributed by atoms with Crippen molar-refractivity contribution in [2.24, 2.45) is 0 Å². The minimum atomic E-state index is -2.88. The first-order valence-corrected chi connectivity index (χ1v) is 25.1. The van der Waals surface area contributed by atoms with Crippen molar-refractivity contribution in [2.45, 2.75) is 0 Å². The molecule has 372 valence electrons. The van der Waals surface area contributed by atoms with Gasteiger partial charge in [-0.1, -0.05) is 66.7 Å². The molecule has 9 aromatic rings. The molecule has 8 aromatic carbocycles. The molecule has 0 saturated heterocycles. The van der Waals surface area contributed by atoms with Crippen molar-refractivity contribution in [1.82, 2.24) is 14.5 Å². The molecule has 1 aliphatic carbocycles. The first kappa shape index (κ1) is 48.3. The van der Waals surface area contributed by atoms with E-state index in [0.717, 1.165) is 124 Å². The standard InChI is InChI=1S/C60H50N9O.H2O4S/c1-64(2)43-24-28-49-57(32-43)67(40-16-10-7-11-17-40)55-30-38(22-26-47(55)61-49)45-34-51-59(36-53(45)65(3)4)68(41-18-12-8-13-19-41)56-31-39(23-27-48(56)62-51)46-35-52-60(37-54(46)66(5)6)69(42-20-14-9-15-21-42)58-33-44(70)25-29-50(58)63-52;1-4-5(2)3/h7-37,62H,1-6H3;1H,(H,2,3)/q+1;/p-2. The van der Waals surface area contributed by atoms with Crippen LogP contribution >= 0.6 is 0 Å². The maximum absolute atomic E-state index is 12.8. The third-order valence-electron chi connectivity index (χ3n) is 13.5. The predicted octanol–water partition coefficient (Wildman–Crippen LogP) is 10.6. The van der Waals surface area contributed by atoms with Crippen molar-refractivity contribution in [2.75, 3.05) is 67.2 Å². The molecule has 75 heavy (non-hydrogen) atoms. The zero-order valence-electron chi connectivity index (χ0n) is 41.9. The summed E-state index contributed by atoms with van der Waals surface area (Å²) in [6.07, 6.45) is 0. The average Bonchev–Trinajstić information content (AvgIpc) is 3.43. The summed E-state index contributed by atoms with van der Waals surface area (Å²) in [5.74, 6) is 0. The monoisotopic (exact) mass is 1010 g/mol. The number of para-hydroxylation sites is 3. The third kappa shape index (κ3) is 9.04. The first-order valence-electron chi connectivity index (χ1n) is 24.1. The van der Waals surface area contributed by atoms with Crippen molar-refractivity contribution in [1.29, 1.82) is 0 Å². The van der Waals surface area contributed by atoms with E-state index in [1.54, 1.807) is 12.1 Å². The van der Waals surface area contributed by atoms with E-state index in [-0.39, 0.29) is 5.43 Å². The fraction of sp³-hybridized carbons (Fsp3) is 0.100. The fourth-order valence-electron chi connectivity index (χ4n) is 10.1. The highest BCUT2D eigenvalue weighted by Gasteiger charge is 2.29. The Morgan fingerprint density at radius 1 is 0.560 bits per heavy atom. The Labute approximate surface area is 436 Å². The van der Waals surface area contributed by atoms with Crippen LogP contribution in [0.5, 0.6) is 0 Å². The fourth-order valence-corrected chi connectivity index (χ4v) is 10.1. The summed E-state index contributed by atoms with van der Waals surface area (Å²) in [5, 5.41) is 12.4. The first-order chi connectivity index (χ1) is 36.3. The van der Waals surface area contributed by atoms with Gasteiger partial charge in [-0.3, -0.25) is 4.79 Å². The number of aromatic nitrogens is 4. The molecule has 12 rings (SSSR count). The van der Waals surface area contributed by atoms with Gasteiger partial charge in [0.15, 0.2) is 5.43 Å². The highest BCUT2D eigenvalue weighted by Crippen LogP contribution is 2.53. The Kier molecular flexibility index (Phi) is 12.7. The second-order valence-corrected chi connectivity index (χ2v) is 19.4. The van der Waals surface area contributed by atoms with Gasteiger partial charge in [0.25, 0.3) is 0 Å². The molecule has 1 aromatic heterocycles. The molecule has 0 radical (unpaired) electrons. The minimum absolute atomic E-state index is 0.0561. The number of nitrogens with zero attached hydrogens (tertiary/aromatic N) is 8. The number of hydrogen-bond acceptors (Lipinski definition) is 12. The number of anilines is 8. The SMILES string of the molecule is CN(C)c1ccc2nc3ccc(-c4cc5c(cc4N(C)C)N(c4ccccc4)c4cc(-c6cc7nc8ccc(=O)cc-8n(-c8ccccc8)c7cc6N(C)C)ccc4N5)cc3[n+](-c3ccccc3)c2c1.O=S([O-])O[O-]. The molecule has 0 saturated carbocycles. The molecule has 14 nitrogen and oxygen atoms in total. The van der Waals surface area contributed by atoms with E-state index in [0.29, 0.717) is 0 Å². The van der Waals surface area contributed by atoms with Gasteiger partial charge in [-0.15, -0.1) is 4.57 Å². The number of nitrogens with one attached hydrogen (secondary N) is 1. The topological polar surface area (TPSA) is 149 Å². The molecule has 2 aliphatic heterocycles. The molecule has 3 heterocycles. The van der Waals surface area contributed by atoms with E-state index in [2.05, 4.69) is 232 Å². The van der Waals surface area contributed by atoms with Crippen molar-refractivity contribution >= 4 is 90.0 Å². The zero-order chi connectivity index (χ0) is 52.1. The average molecular weight is 1010 g/mol. The second-order valence-electron chi connectivity index (χ2n) is 18.8. The van der Waals surface area contributed by atoms with Gasteiger partial charge in [0.2, 0.25) is 16.7 Å². The van der Waals surface area contributed by atoms with Gasteiger partial charge in [0.1, 0.15) is 11.0 Å². The minimum Gasteiger partial charge on any atom is -0.750 e. The normalized spacial score (nSPS) is 12.2. The van der Waals surface area contributed by atoms with E-state index in [9.17, 15) is 4.79 Å². The van der Waals surface area contributed by atoms with Gasteiger partial charge in [-0.05, 0) is 102 Å². The molecule has 1 atom stereocenters. The molecular weight excluding hydrogens is 959 g/mol. The number of hydrogen-bond donors (Lipinski definition) is 1. The maximum atomic E-state index is 12.8. The van der Waals surface area contributed by atoms with Gasteiger partial charge in [0, 0.05) is 112 Å². The van der Waals surface area contributed by atoms with E-state index < -0.39 is 11.4 Å². The third-order valence-corrected chi connectivity index (χ3v) is 13.6. The molecule has 15 heteroatoms. The lowest BCUT2D eigenvalue weighted by Crippen LogP contribution is -2.33. The highest BCUT2D eigenvalue weighted by molar-refractivity contribution is 7.73. The Hall–Kier alpha value is -8.99. The van der Waals surface area contributed by atoms with E-state index >= 15 is 0 Å². The van der Waals surface area contributed by atoms with Crippen LogP contribution in [-0.4, -0.2) is 65.6 Å². The number of rotatable bonds is 9. The molecule has 0 fully saturated rings. The van der Waals surface area contributed by atoms with Crippen molar-refractivity contribution in [3.63, 3.8) is 0 Å². The lowest BCUT2D eigenvalue weighted by atomic mass is 9.96. The molecular formula is C60H50N9O5S-. The maximum Gasteiger partial charge on any atom is 0.239 e. The van der Waals surface area contributed by atoms with E-state index in [4.69, 9.17) is 24.0 Å². The summed E-state index contributed by atoms with van der Waals surface area (Å²) >= 11 is -2.88. The highest BCUT2D eigenvalue weighted by atomic mass is 32.2. The van der Waals surface area contributed by atoms with Gasteiger partial charge in [-0.25, -0.2) is 14.2 Å². The lowest BCUT2D eigenvalue weighted by Gasteiger charge is -2.36. The summed E-state index contributed by atoms with van der Waals surface area (Å²) in [5.41, 5.74) is 21.7. The van der Waals surface area contributed by atoms with Crippen molar-refractivity contribution < 1.29 is 22.9 Å². The molecule has 1 N–H and O–H groups in total. The quantitative estimate of drug-likeness (QED) is 0.0482. The predicted molar refractivity (Wildman–Crippen MR) is 300 cm³/mol. The van der Waals surface area contributed by atoms with Gasteiger partial charge in [0.05, 0.1) is 56.5 Å². The molecule has 0 spiro atoms. The van der Waals surface area contributed by atoms with Gasteiger partial charge >= 0.3 is 0 Å². The zero-order valence-corrected chi connectivity index (χ0v) is 42.7. The summed E-state index contributed by atoms with van der Waals surface area (Å²) in [7, 11) is 12.5.